The van der Waals surface area contributed by atoms with Crippen LogP contribution in [-0.2, 0) is 35.7 Å². The second kappa shape index (κ2) is 10.9. The van der Waals surface area contributed by atoms with Crippen LogP contribution in [0.1, 0.15) is 21.5 Å². The molecule has 0 saturated carbocycles. The van der Waals surface area contributed by atoms with E-state index in [9.17, 15) is 14.2 Å². The zero-order chi connectivity index (χ0) is 22.1. The van der Waals surface area contributed by atoms with Crippen molar-refractivity contribution in [2.24, 2.45) is 0 Å². The third-order valence-corrected chi connectivity index (χ3v) is 6.42. The molecule has 30 heavy (non-hydrogen) atoms. The van der Waals surface area contributed by atoms with Crippen molar-refractivity contribution in [2.75, 3.05) is 28.4 Å². The molecule has 2 rings (SSSR count). The van der Waals surface area contributed by atoms with Crippen molar-refractivity contribution in [1.82, 2.24) is 5.32 Å². The highest BCUT2D eigenvalue weighted by Gasteiger charge is 2.25. The van der Waals surface area contributed by atoms with Crippen molar-refractivity contribution in [3.63, 3.8) is 0 Å². The fourth-order valence-corrected chi connectivity index (χ4v) is 3.92. The lowest BCUT2D eigenvalue weighted by Crippen LogP contribution is -2.43. The van der Waals surface area contributed by atoms with E-state index in [1.807, 2.05) is 18.2 Å². The molecule has 0 aromatic heterocycles. The Labute approximate surface area is 176 Å². The summed E-state index contributed by atoms with van der Waals surface area (Å²) in [6, 6.07) is 12.8. The molecule has 0 fully saturated rings. The van der Waals surface area contributed by atoms with Gasteiger partial charge in [-0.3, -0.25) is 9.36 Å². The van der Waals surface area contributed by atoms with E-state index in [4.69, 9.17) is 18.5 Å². The molecule has 0 aliphatic rings. The highest BCUT2D eigenvalue weighted by molar-refractivity contribution is 7.52. The van der Waals surface area contributed by atoms with E-state index in [0.717, 1.165) is 5.56 Å². The molecule has 0 radical (unpaired) electrons. The first-order chi connectivity index (χ1) is 14.4. The van der Waals surface area contributed by atoms with Gasteiger partial charge in [0.15, 0.2) is 0 Å². The molecule has 0 aliphatic heterocycles. The van der Waals surface area contributed by atoms with E-state index in [-0.39, 0.29) is 12.6 Å². The number of amides is 1. The Morgan fingerprint density at radius 3 is 2.17 bits per heavy atom. The number of rotatable bonds is 10. The van der Waals surface area contributed by atoms with E-state index >= 15 is 0 Å². The molecule has 1 atom stereocenters. The fourth-order valence-electron chi connectivity index (χ4n) is 2.86. The zero-order valence-electron chi connectivity index (χ0n) is 17.4. The Morgan fingerprint density at radius 2 is 1.60 bits per heavy atom. The van der Waals surface area contributed by atoms with E-state index < -0.39 is 25.5 Å². The standard InChI is InChI=1S/C21H26NO7P/c1-26-19-8-6-5-7-17(19)13-18(21(24)27-2)22-20(23)16-11-9-15(10-12-16)14-30(25,28-3)29-4/h5-12,18H,13-14H2,1-4H3,(H,22,23)/t18-/m0/s1. The predicted octanol–water partition coefficient (Wildman–Crippen LogP) is 3.20. The minimum atomic E-state index is -3.20. The number of ether oxygens (including phenoxy) is 2. The Balaban J connectivity index is 2.14. The normalized spacial score (nSPS) is 12.1. The van der Waals surface area contributed by atoms with Crippen LogP contribution in [0.5, 0.6) is 5.75 Å². The van der Waals surface area contributed by atoms with E-state index in [0.29, 0.717) is 16.9 Å². The Morgan fingerprint density at radius 1 is 0.967 bits per heavy atom. The number of hydrogen-bond donors (Lipinski definition) is 1. The quantitative estimate of drug-likeness (QED) is 0.452. The molecule has 2 aromatic rings. The summed E-state index contributed by atoms with van der Waals surface area (Å²) < 4.78 is 32.2. The third kappa shape index (κ3) is 6.16. The van der Waals surface area contributed by atoms with Crippen LogP contribution in [-0.4, -0.2) is 46.4 Å². The summed E-state index contributed by atoms with van der Waals surface area (Å²) in [5.41, 5.74) is 1.80. The van der Waals surface area contributed by atoms with Crippen LogP contribution in [0, 0.1) is 0 Å². The highest BCUT2D eigenvalue weighted by atomic mass is 31.2. The summed E-state index contributed by atoms with van der Waals surface area (Å²) in [4.78, 5) is 24.9. The average molecular weight is 435 g/mol. The van der Waals surface area contributed by atoms with Crippen LogP contribution in [0.4, 0.5) is 0 Å². The van der Waals surface area contributed by atoms with Gasteiger partial charge < -0.3 is 23.8 Å². The average Bonchev–Trinajstić information content (AvgIpc) is 2.78. The van der Waals surface area contributed by atoms with Gasteiger partial charge in [-0.05, 0) is 29.3 Å². The van der Waals surface area contributed by atoms with Crippen molar-refractivity contribution in [3.05, 3.63) is 65.2 Å². The maximum Gasteiger partial charge on any atom is 0.334 e. The number of hydrogen-bond acceptors (Lipinski definition) is 7. The molecule has 0 bridgehead atoms. The van der Waals surface area contributed by atoms with Gasteiger partial charge in [-0.15, -0.1) is 0 Å². The fraction of sp³-hybridized carbons (Fsp3) is 0.333. The number of para-hydroxylation sites is 1. The Bertz CT molecular complexity index is 906. The maximum absolute atomic E-state index is 12.7. The minimum absolute atomic E-state index is 0.0838. The molecule has 8 nitrogen and oxygen atoms in total. The lowest BCUT2D eigenvalue weighted by atomic mass is 10.0. The second-order valence-electron chi connectivity index (χ2n) is 6.40. The Hall–Kier alpha value is -2.67. The van der Waals surface area contributed by atoms with Crippen molar-refractivity contribution in [1.29, 1.82) is 0 Å². The smallest absolute Gasteiger partial charge is 0.334 e. The molecule has 1 amide bonds. The number of carbonyl (C=O) groups excluding carboxylic acids is 2. The summed E-state index contributed by atoms with van der Waals surface area (Å²) in [5.74, 6) is -0.383. The molecule has 2 aromatic carbocycles. The van der Waals surface area contributed by atoms with Gasteiger partial charge >= 0.3 is 13.6 Å². The monoisotopic (exact) mass is 435 g/mol. The summed E-state index contributed by atoms with van der Waals surface area (Å²) in [6.07, 6.45) is 0.297. The van der Waals surface area contributed by atoms with Gasteiger partial charge in [0.1, 0.15) is 11.8 Å². The summed E-state index contributed by atoms with van der Waals surface area (Å²) in [7, 11) is 2.24. The van der Waals surface area contributed by atoms with Gasteiger partial charge in [0.25, 0.3) is 5.91 Å². The first-order valence-corrected chi connectivity index (χ1v) is 10.9. The summed E-state index contributed by atoms with van der Waals surface area (Å²) in [6.45, 7) is 0. The number of carbonyl (C=O) groups is 2. The van der Waals surface area contributed by atoms with Crippen molar-refractivity contribution >= 4 is 19.5 Å². The van der Waals surface area contributed by atoms with E-state index in [1.54, 1.807) is 30.3 Å². The largest absolute Gasteiger partial charge is 0.496 e. The second-order valence-corrected chi connectivity index (χ2v) is 8.66. The van der Waals surface area contributed by atoms with Gasteiger partial charge in [0, 0.05) is 26.2 Å². The topological polar surface area (TPSA) is 100 Å². The maximum atomic E-state index is 12.7. The lowest BCUT2D eigenvalue weighted by molar-refractivity contribution is -0.142. The predicted molar refractivity (Wildman–Crippen MR) is 112 cm³/mol. The van der Waals surface area contributed by atoms with E-state index in [1.165, 1.54) is 28.4 Å². The zero-order valence-corrected chi connectivity index (χ0v) is 18.3. The summed E-state index contributed by atoms with van der Waals surface area (Å²) >= 11 is 0. The molecule has 162 valence electrons. The molecule has 1 N–H and O–H groups in total. The SMILES string of the molecule is COC(=O)[C@H](Cc1ccccc1OC)NC(=O)c1ccc(CP(=O)(OC)OC)cc1. The van der Waals surface area contributed by atoms with E-state index in [2.05, 4.69) is 5.32 Å². The number of methoxy groups -OCH3 is 2. The third-order valence-electron chi connectivity index (χ3n) is 4.56. The van der Waals surface area contributed by atoms with Gasteiger partial charge in [-0.2, -0.15) is 0 Å². The van der Waals surface area contributed by atoms with Crippen LogP contribution in [0.15, 0.2) is 48.5 Å². The van der Waals surface area contributed by atoms with Crippen LogP contribution in [0.25, 0.3) is 0 Å². The van der Waals surface area contributed by atoms with Crippen LogP contribution in [0.2, 0.25) is 0 Å². The molecular formula is C21H26NO7P. The molecule has 0 heterocycles. The van der Waals surface area contributed by atoms with Crippen molar-refractivity contribution in [3.8, 4) is 5.75 Å². The molecular weight excluding hydrogens is 409 g/mol. The van der Waals surface area contributed by atoms with Gasteiger partial charge in [0.05, 0.1) is 20.4 Å². The van der Waals surface area contributed by atoms with Crippen LogP contribution >= 0.6 is 7.60 Å². The van der Waals surface area contributed by atoms with Gasteiger partial charge in [0.2, 0.25) is 0 Å². The van der Waals surface area contributed by atoms with Gasteiger partial charge in [-0.1, -0.05) is 30.3 Å². The lowest BCUT2D eigenvalue weighted by Gasteiger charge is -2.18. The highest BCUT2D eigenvalue weighted by Crippen LogP contribution is 2.49. The number of esters is 1. The number of benzene rings is 2. The summed E-state index contributed by atoms with van der Waals surface area (Å²) in [5, 5.41) is 2.70. The van der Waals surface area contributed by atoms with Gasteiger partial charge in [-0.25, -0.2) is 4.79 Å². The first kappa shape index (κ1) is 23.6. The molecule has 0 aliphatic carbocycles. The van der Waals surface area contributed by atoms with Crippen LogP contribution in [0.3, 0.4) is 0 Å². The minimum Gasteiger partial charge on any atom is -0.496 e. The first-order valence-electron chi connectivity index (χ1n) is 9.15. The molecule has 9 heteroatoms. The molecule has 0 unspecified atom stereocenters. The molecule has 0 spiro atoms. The van der Waals surface area contributed by atoms with Crippen LogP contribution < -0.4 is 10.1 Å². The number of nitrogens with one attached hydrogen (secondary N) is 1. The molecule has 0 saturated heterocycles. The Kier molecular flexibility index (Phi) is 8.59. The van der Waals surface area contributed by atoms with Crippen molar-refractivity contribution < 1.29 is 32.7 Å². The van der Waals surface area contributed by atoms with Crippen molar-refractivity contribution in [2.45, 2.75) is 18.6 Å².